The van der Waals surface area contributed by atoms with E-state index in [1.54, 1.807) is 53.4 Å². The van der Waals surface area contributed by atoms with Crippen LogP contribution in [0.15, 0.2) is 85.1 Å². The minimum Gasteiger partial charge on any atom is -0.335 e. The second-order valence-electron chi connectivity index (χ2n) is 10.0. The first-order chi connectivity index (χ1) is 19.6. The van der Waals surface area contributed by atoms with Gasteiger partial charge in [-0.25, -0.2) is 0 Å². The SMILES string of the molecule is O=C(c1c(Cl)cccc1Cl)N1CCC(N(Cc2ccnc3ccccc23)C(=O)C(F)(F)F)CC1Cc1ccccc1. The van der Waals surface area contributed by atoms with Crippen LogP contribution in [0.25, 0.3) is 10.9 Å². The molecule has 1 saturated heterocycles. The number of benzene rings is 3. The number of halogens is 5. The van der Waals surface area contributed by atoms with Crippen molar-refractivity contribution < 1.29 is 22.8 Å². The predicted molar refractivity (Wildman–Crippen MR) is 153 cm³/mol. The van der Waals surface area contributed by atoms with Gasteiger partial charge in [-0.05, 0) is 54.7 Å². The Bertz CT molecular complexity index is 1540. The molecule has 1 aromatic heterocycles. The third kappa shape index (κ3) is 6.34. The number of likely N-dealkylation sites (tertiary alicyclic amines) is 1. The van der Waals surface area contributed by atoms with Gasteiger partial charge in [0.2, 0.25) is 0 Å². The van der Waals surface area contributed by atoms with Crippen molar-refractivity contribution in [1.82, 2.24) is 14.8 Å². The second kappa shape index (κ2) is 12.1. The highest BCUT2D eigenvalue weighted by molar-refractivity contribution is 6.39. The molecule has 1 aliphatic heterocycles. The predicted octanol–water partition coefficient (Wildman–Crippen LogP) is 7.35. The fraction of sp³-hybridized carbons (Fsp3) is 0.258. The number of alkyl halides is 3. The molecule has 0 spiro atoms. The molecule has 4 aromatic rings. The summed E-state index contributed by atoms with van der Waals surface area (Å²) >= 11 is 12.7. The van der Waals surface area contributed by atoms with Crippen molar-refractivity contribution >= 4 is 45.9 Å². The summed E-state index contributed by atoms with van der Waals surface area (Å²) in [6.07, 6.45) is -2.84. The molecule has 2 unspecified atom stereocenters. The van der Waals surface area contributed by atoms with Gasteiger partial charge in [0.05, 0.1) is 21.1 Å². The number of rotatable bonds is 6. The topological polar surface area (TPSA) is 53.5 Å². The van der Waals surface area contributed by atoms with E-state index in [1.807, 2.05) is 30.3 Å². The van der Waals surface area contributed by atoms with Crippen LogP contribution in [-0.2, 0) is 17.8 Å². The van der Waals surface area contributed by atoms with Crippen LogP contribution in [0.4, 0.5) is 13.2 Å². The average Bonchev–Trinajstić information content (AvgIpc) is 2.95. The van der Waals surface area contributed by atoms with Gasteiger partial charge in [0, 0.05) is 36.8 Å². The summed E-state index contributed by atoms with van der Waals surface area (Å²) in [5.41, 5.74) is 2.26. The number of nitrogens with zero attached hydrogens (tertiary/aromatic N) is 3. The first-order valence-corrected chi connectivity index (χ1v) is 13.9. The third-order valence-corrected chi connectivity index (χ3v) is 8.09. The van der Waals surface area contributed by atoms with E-state index in [1.165, 1.54) is 6.20 Å². The molecule has 10 heteroatoms. The number of para-hydroxylation sites is 1. The fourth-order valence-electron chi connectivity index (χ4n) is 5.51. The van der Waals surface area contributed by atoms with E-state index in [-0.39, 0.29) is 41.5 Å². The maximum atomic E-state index is 13.9. The lowest BCUT2D eigenvalue weighted by atomic mass is 9.90. The number of aromatic nitrogens is 1. The van der Waals surface area contributed by atoms with Crippen molar-refractivity contribution in [3.8, 4) is 0 Å². The van der Waals surface area contributed by atoms with Crippen LogP contribution in [0.3, 0.4) is 0 Å². The fourth-order valence-corrected chi connectivity index (χ4v) is 6.07. The molecule has 0 N–H and O–H groups in total. The molecule has 2 atom stereocenters. The van der Waals surface area contributed by atoms with Crippen LogP contribution in [0.1, 0.15) is 34.3 Å². The Morgan fingerprint density at radius 3 is 2.32 bits per heavy atom. The standard InChI is InChI=1S/C31H26Cl2F3N3O2/c32-25-10-6-11-26(33)28(25)29(40)38-16-14-22(18-23(38)17-20-7-2-1-3-8-20)39(30(41)31(34,35)36)19-21-13-15-37-27-12-5-4-9-24(21)27/h1-13,15,22-23H,14,16-19H2. The zero-order chi connectivity index (χ0) is 29.1. The minimum atomic E-state index is -5.06. The summed E-state index contributed by atoms with van der Waals surface area (Å²) in [4.78, 5) is 33.4. The summed E-state index contributed by atoms with van der Waals surface area (Å²) in [7, 11) is 0. The molecule has 3 aromatic carbocycles. The molecule has 0 bridgehead atoms. The van der Waals surface area contributed by atoms with Crippen LogP contribution < -0.4 is 0 Å². The van der Waals surface area contributed by atoms with Gasteiger partial charge in [-0.1, -0.05) is 77.8 Å². The van der Waals surface area contributed by atoms with E-state index in [0.717, 1.165) is 10.5 Å². The minimum absolute atomic E-state index is 0.126. The average molecular weight is 600 g/mol. The molecule has 0 radical (unpaired) electrons. The third-order valence-electron chi connectivity index (χ3n) is 7.46. The van der Waals surface area contributed by atoms with Gasteiger partial charge >= 0.3 is 12.1 Å². The van der Waals surface area contributed by atoms with Crippen molar-refractivity contribution in [1.29, 1.82) is 0 Å². The number of fused-ring (bicyclic) bond motifs is 1. The number of pyridine rings is 1. The number of carbonyl (C=O) groups excluding carboxylic acids is 2. The van der Waals surface area contributed by atoms with Crippen LogP contribution >= 0.6 is 23.2 Å². The molecule has 5 rings (SSSR count). The first-order valence-electron chi connectivity index (χ1n) is 13.1. The van der Waals surface area contributed by atoms with Gasteiger partial charge in [0.1, 0.15) is 0 Å². The van der Waals surface area contributed by atoms with Crippen molar-refractivity contribution in [2.45, 2.75) is 44.1 Å². The van der Waals surface area contributed by atoms with E-state index in [0.29, 0.717) is 22.9 Å². The largest absolute Gasteiger partial charge is 0.471 e. The van der Waals surface area contributed by atoms with Gasteiger partial charge in [0.25, 0.3) is 5.91 Å². The quantitative estimate of drug-likeness (QED) is 0.233. The summed E-state index contributed by atoms with van der Waals surface area (Å²) < 4.78 is 41.8. The summed E-state index contributed by atoms with van der Waals surface area (Å²) in [5.74, 6) is -2.30. The number of hydrogen-bond acceptors (Lipinski definition) is 3. The zero-order valence-corrected chi connectivity index (χ0v) is 23.3. The molecule has 1 aliphatic rings. The molecule has 41 heavy (non-hydrogen) atoms. The molecular weight excluding hydrogens is 574 g/mol. The highest BCUT2D eigenvalue weighted by Crippen LogP contribution is 2.34. The van der Waals surface area contributed by atoms with E-state index < -0.39 is 30.1 Å². The van der Waals surface area contributed by atoms with Gasteiger partial charge in [-0.15, -0.1) is 0 Å². The first kappa shape index (κ1) is 28.9. The molecule has 212 valence electrons. The molecule has 2 heterocycles. The maximum absolute atomic E-state index is 13.9. The number of hydrogen-bond donors (Lipinski definition) is 0. The summed E-state index contributed by atoms with van der Waals surface area (Å²) in [6.45, 7) is -0.115. The lowest BCUT2D eigenvalue weighted by Gasteiger charge is -2.44. The Balaban J connectivity index is 1.50. The van der Waals surface area contributed by atoms with Crippen LogP contribution in [0, 0.1) is 0 Å². The summed E-state index contributed by atoms with van der Waals surface area (Å²) in [6, 6.07) is 21.7. The van der Waals surface area contributed by atoms with Crippen molar-refractivity contribution in [2.75, 3.05) is 6.54 Å². The number of piperidine rings is 1. The molecule has 0 saturated carbocycles. The molecule has 5 nitrogen and oxygen atoms in total. The Morgan fingerprint density at radius 2 is 1.61 bits per heavy atom. The Kier molecular flexibility index (Phi) is 8.52. The van der Waals surface area contributed by atoms with E-state index in [2.05, 4.69) is 4.98 Å². The normalized spacial score (nSPS) is 17.4. The van der Waals surface area contributed by atoms with Gasteiger partial charge in [-0.2, -0.15) is 13.2 Å². The molecule has 2 amide bonds. The maximum Gasteiger partial charge on any atom is 0.471 e. The smallest absolute Gasteiger partial charge is 0.335 e. The zero-order valence-electron chi connectivity index (χ0n) is 21.8. The van der Waals surface area contributed by atoms with Crippen molar-refractivity contribution in [3.05, 3.63) is 112 Å². The van der Waals surface area contributed by atoms with Crippen molar-refractivity contribution in [2.24, 2.45) is 0 Å². The second-order valence-corrected chi connectivity index (χ2v) is 10.8. The van der Waals surface area contributed by atoms with Gasteiger partial charge in [-0.3, -0.25) is 14.6 Å². The molecule has 1 fully saturated rings. The highest BCUT2D eigenvalue weighted by atomic mass is 35.5. The lowest BCUT2D eigenvalue weighted by Crippen LogP contribution is -2.55. The van der Waals surface area contributed by atoms with Gasteiger partial charge < -0.3 is 9.80 Å². The Labute approximate surface area is 245 Å². The van der Waals surface area contributed by atoms with Crippen molar-refractivity contribution in [3.63, 3.8) is 0 Å². The molecular formula is C31H26Cl2F3N3O2. The van der Waals surface area contributed by atoms with Gasteiger partial charge in [0.15, 0.2) is 0 Å². The van der Waals surface area contributed by atoms with Crippen LogP contribution in [-0.4, -0.2) is 51.4 Å². The monoisotopic (exact) mass is 599 g/mol. The van der Waals surface area contributed by atoms with E-state index in [9.17, 15) is 22.8 Å². The summed E-state index contributed by atoms with van der Waals surface area (Å²) in [5, 5.41) is 1.07. The van der Waals surface area contributed by atoms with Crippen LogP contribution in [0.2, 0.25) is 10.0 Å². The van der Waals surface area contributed by atoms with E-state index in [4.69, 9.17) is 23.2 Å². The highest BCUT2D eigenvalue weighted by Gasteiger charge is 2.46. The molecule has 0 aliphatic carbocycles. The Morgan fingerprint density at radius 1 is 0.927 bits per heavy atom. The number of amides is 2. The van der Waals surface area contributed by atoms with E-state index >= 15 is 0 Å². The lowest BCUT2D eigenvalue weighted by molar-refractivity contribution is -0.189. The number of carbonyl (C=O) groups is 2. The Hall–Kier alpha value is -3.62. The van der Waals surface area contributed by atoms with Crippen LogP contribution in [0.5, 0.6) is 0 Å².